The number of nitrogens with zero attached hydrogens (tertiary/aromatic N) is 3. The van der Waals surface area contributed by atoms with Gasteiger partial charge in [0.1, 0.15) is 11.8 Å². The van der Waals surface area contributed by atoms with E-state index < -0.39 is 12.0 Å². The number of rotatable bonds is 26. The third kappa shape index (κ3) is 19.4. The van der Waals surface area contributed by atoms with Gasteiger partial charge in [-0.2, -0.15) is 5.21 Å². The summed E-state index contributed by atoms with van der Waals surface area (Å²) in [6.45, 7) is 3.05. The zero-order valence-electron chi connectivity index (χ0n) is 22.8. The topological polar surface area (TPSA) is 147 Å². The summed E-state index contributed by atoms with van der Waals surface area (Å²) in [7, 11) is 0. The number of aromatic nitrogens is 4. The molecular weight excluding hydrogens is 474 g/mol. The third-order valence-corrected chi connectivity index (χ3v) is 6.49. The summed E-state index contributed by atoms with van der Waals surface area (Å²) in [6, 6.07) is -1.000. The molecule has 0 aromatic carbocycles. The highest BCUT2D eigenvalue weighted by Gasteiger charge is 2.20. The average Bonchev–Trinajstić information content (AvgIpc) is 3.40. The molecule has 1 aromatic rings. The standard InChI is InChI=1S/C27H49N5O5/c1-2-37-22-16-17-23(33)20-21-24(27(35)36)28-26(34)19-15-13-11-9-7-5-3-4-6-8-10-12-14-18-25-29-31-32-30-25/h24H,2-22H2,1H3,(H,28,34)(H,35,36)(H,29,30,31,32)/t24-/m0/s1. The minimum Gasteiger partial charge on any atom is -0.480 e. The maximum atomic E-state index is 12.1. The van der Waals surface area contributed by atoms with Crippen molar-refractivity contribution in [3.63, 3.8) is 0 Å². The highest BCUT2D eigenvalue weighted by Crippen LogP contribution is 2.13. The van der Waals surface area contributed by atoms with E-state index in [1.165, 1.54) is 57.8 Å². The molecule has 1 heterocycles. The van der Waals surface area contributed by atoms with Gasteiger partial charge in [-0.25, -0.2) is 4.79 Å². The molecule has 0 radical (unpaired) electrons. The molecule has 0 aliphatic heterocycles. The Hall–Kier alpha value is -2.36. The lowest BCUT2D eigenvalue weighted by atomic mass is 10.0. The van der Waals surface area contributed by atoms with E-state index in [2.05, 4.69) is 25.9 Å². The Balaban J connectivity index is 1.90. The maximum Gasteiger partial charge on any atom is 0.326 e. The van der Waals surface area contributed by atoms with Gasteiger partial charge in [0, 0.05) is 38.9 Å². The van der Waals surface area contributed by atoms with Gasteiger partial charge in [-0.15, -0.1) is 10.2 Å². The lowest BCUT2D eigenvalue weighted by molar-refractivity contribution is -0.142. The molecule has 0 unspecified atom stereocenters. The molecule has 0 spiro atoms. The molecule has 1 rings (SSSR count). The van der Waals surface area contributed by atoms with Crippen molar-refractivity contribution in [3.05, 3.63) is 5.82 Å². The number of hydrogen-bond acceptors (Lipinski definition) is 7. The summed E-state index contributed by atoms with van der Waals surface area (Å²) >= 11 is 0. The van der Waals surface area contributed by atoms with Crippen LogP contribution in [-0.4, -0.2) is 62.6 Å². The van der Waals surface area contributed by atoms with E-state index >= 15 is 0 Å². The molecule has 212 valence electrons. The summed E-state index contributed by atoms with van der Waals surface area (Å²) in [5.41, 5.74) is 0. The highest BCUT2D eigenvalue weighted by molar-refractivity contribution is 5.84. The Morgan fingerprint density at radius 2 is 1.43 bits per heavy atom. The first-order chi connectivity index (χ1) is 18.0. The van der Waals surface area contributed by atoms with Gasteiger partial charge in [0.05, 0.1) is 0 Å². The van der Waals surface area contributed by atoms with E-state index in [4.69, 9.17) is 4.74 Å². The number of H-pyrrole nitrogens is 1. The van der Waals surface area contributed by atoms with Crippen molar-refractivity contribution in [2.24, 2.45) is 0 Å². The minimum absolute atomic E-state index is 0.00779. The smallest absolute Gasteiger partial charge is 0.326 e. The second-order valence-corrected chi connectivity index (χ2v) is 9.76. The van der Waals surface area contributed by atoms with Crippen LogP contribution in [0.25, 0.3) is 0 Å². The fourth-order valence-electron chi connectivity index (χ4n) is 4.27. The van der Waals surface area contributed by atoms with Crippen molar-refractivity contribution in [2.75, 3.05) is 13.2 Å². The number of ether oxygens (including phenoxy) is 1. The molecule has 10 nitrogen and oxygen atoms in total. The van der Waals surface area contributed by atoms with Crippen molar-refractivity contribution < 1.29 is 24.2 Å². The summed E-state index contributed by atoms with van der Waals surface area (Å²) in [4.78, 5) is 35.5. The van der Waals surface area contributed by atoms with Crippen LogP contribution >= 0.6 is 0 Å². The van der Waals surface area contributed by atoms with Crippen molar-refractivity contribution in [1.29, 1.82) is 0 Å². The average molecular weight is 524 g/mol. The summed E-state index contributed by atoms with van der Waals surface area (Å²) in [5.74, 6) is -0.518. The Morgan fingerprint density at radius 1 is 0.838 bits per heavy atom. The molecule has 0 fully saturated rings. The number of aryl methyl sites for hydroxylation is 1. The van der Waals surface area contributed by atoms with Crippen LogP contribution in [0.3, 0.4) is 0 Å². The van der Waals surface area contributed by atoms with Gasteiger partial charge in [-0.1, -0.05) is 75.8 Å². The molecular formula is C27H49N5O5. The zero-order valence-corrected chi connectivity index (χ0v) is 22.8. The van der Waals surface area contributed by atoms with E-state index in [-0.39, 0.29) is 24.5 Å². The van der Waals surface area contributed by atoms with Crippen molar-refractivity contribution in [1.82, 2.24) is 25.9 Å². The number of amides is 1. The van der Waals surface area contributed by atoms with Crippen LogP contribution in [0, 0.1) is 0 Å². The van der Waals surface area contributed by atoms with Gasteiger partial charge in [-0.05, 0) is 32.6 Å². The predicted molar refractivity (Wildman–Crippen MR) is 142 cm³/mol. The quantitative estimate of drug-likeness (QED) is 0.145. The van der Waals surface area contributed by atoms with Crippen LogP contribution in [0.1, 0.15) is 128 Å². The van der Waals surface area contributed by atoms with E-state index in [0.717, 1.165) is 37.9 Å². The van der Waals surface area contributed by atoms with E-state index in [9.17, 15) is 19.5 Å². The van der Waals surface area contributed by atoms with E-state index in [0.29, 0.717) is 32.5 Å². The van der Waals surface area contributed by atoms with Crippen molar-refractivity contribution in [2.45, 2.75) is 135 Å². The Labute approximate surface area is 222 Å². The number of carboxylic acid groups (broad SMARTS) is 1. The number of nitrogens with one attached hydrogen (secondary N) is 2. The van der Waals surface area contributed by atoms with Crippen molar-refractivity contribution >= 4 is 17.7 Å². The van der Waals surface area contributed by atoms with Crippen LogP contribution in [-0.2, 0) is 25.5 Å². The lowest BCUT2D eigenvalue weighted by Crippen LogP contribution is -2.41. The number of carbonyl (C=O) groups excluding carboxylic acids is 2. The largest absolute Gasteiger partial charge is 0.480 e. The Kier molecular flexibility index (Phi) is 20.1. The second-order valence-electron chi connectivity index (χ2n) is 9.76. The zero-order chi connectivity index (χ0) is 27.0. The maximum absolute atomic E-state index is 12.1. The Morgan fingerprint density at radius 3 is 1.97 bits per heavy atom. The van der Waals surface area contributed by atoms with Gasteiger partial charge in [0.2, 0.25) is 5.91 Å². The van der Waals surface area contributed by atoms with Gasteiger partial charge < -0.3 is 15.2 Å². The SMILES string of the molecule is CCOCCCC(=O)CC[C@H](NC(=O)CCCCCCCCCCCCCCCc1nn[nH]n1)C(=O)O. The number of carbonyl (C=O) groups is 3. The first-order valence-electron chi connectivity index (χ1n) is 14.4. The summed E-state index contributed by atoms with van der Waals surface area (Å²) < 4.78 is 5.20. The number of aromatic amines is 1. The minimum atomic E-state index is -1.09. The number of hydrogen-bond donors (Lipinski definition) is 3. The normalized spacial score (nSPS) is 11.9. The number of carboxylic acids is 1. The van der Waals surface area contributed by atoms with Gasteiger partial charge in [0.25, 0.3) is 0 Å². The van der Waals surface area contributed by atoms with Crippen LogP contribution in [0.4, 0.5) is 0 Å². The summed E-state index contributed by atoms with van der Waals surface area (Å²) in [6.07, 6.45) is 17.9. The lowest BCUT2D eigenvalue weighted by Gasteiger charge is -2.14. The molecule has 0 aliphatic carbocycles. The Bertz CT molecular complexity index is 714. The molecule has 10 heteroatoms. The molecule has 1 aromatic heterocycles. The van der Waals surface area contributed by atoms with Gasteiger partial charge >= 0.3 is 5.97 Å². The van der Waals surface area contributed by atoms with Crippen LogP contribution < -0.4 is 5.32 Å². The van der Waals surface area contributed by atoms with Gasteiger partial charge in [-0.3, -0.25) is 9.59 Å². The molecule has 37 heavy (non-hydrogen) atoms. The highest BCUT2D eigenvalue weighted by atomic mass is 16.5. The number of ketones is 1. The fourth-order valence-corrected chi connectivity index (χ4v) is 4.27. The molecule has 0 bridgehead atoms. The molecule has 0 saturated heterocycles. The van der Waals surface area contributed by atoms with Crippen LogP contribution in [0.15, 0.2) is 0 Å². The van der Waals surface area contributed by atoms with E-state index in [1.54, 1.807) is 0 Å². The number of aliphatic carboxylic acids is 1. The third-order valence-electron chi connectivity index (χ3n) is 6.49. The fraction of sp³-hybridized carbons (Fsp3) is 0.852. The molecule has 0 aliphatic rings. The molecule has 0 saturated carbocycles. The first kappa shape index (κ1) is 32.7. The predicted octanol–water partition coefficient (Wildman–Crippen LogP) is 4.94. The van der Waals surface area contributed by atoms with Crippen molar-refractivity contribution in [3.8, 4) is 0 Å². The van der Waals surface area contributed by atoms with Gasteiger partial charge in [0.15, 0.2) is 5.82 Å². The van der Waals surface area contributed by atoms with Crippen LogP contribution in [0.5, 0.6) is 0 Å². The number of tetrazole rings is 1. The molecule has 1 atom stereocenters. The number of Topliss-reactive ketones (excluding diaryl/α,β-unsaturated/α-hetero) is 1. The monoisotopic (exact) mass is 523 g/mol. The van der Waals surface area contributed by atoms with E-state index in [1.807, 2.05) is 6.92 Å². The molecule has 3 N–H and O–H groups in total. The first-order valence-corrected chi connectivity index (χ1v) is 14.4. The second kappa shape index (κ2) is 22.8. The van der Waals surface area contributed by atoms with Crippen LogP contribution in [0.2, 0.25) is 0 Å². The summed E-state index contributed by atoms with van der Waals surface area (Å²) in [5, 5.41) is 25.9. The number of unbranched alkanes of at least 4 members (excludes halogenated alkanes) is 12. The molecule has 1 amide bonds.